The molecule has 1 nitrogen and oxygen atoms in total. The van der Waals surface area contributed by atoms with Gasteiger partial charge in [0.25, 0.3) is 0 Å². The van der Waals surface area contributed by atoms with E-state index in [-0.39, 0.29) is 54.3 Å². The minimum atomic E-state index is 0. The molecule has 5 heavy (non-hydrogen) atoms. The Bertz CT molecular complexity index is 11.6. The van der Waals surface area contributed by atoms with Crippen LogP contribution in [-0.4, -0.2) is 0 Å². The predicted octanol–water partition coefficient (Wildman–Crippen LogP) is -0.129. The second kappa shape index (κ2) is 37.2. The van der Waals surface area contributed by atoms with Crippen molar-refractivity contribution in [1.29, 1.82) is 0 Å². The Morgan fingerprint density at radius 2 is 1.20 bits per heavy atom. The van der Waals surface area contributed by atoms with E-state index in [0.717, 1.165) is 0 Å². The summed E-state index contributed by atoms with van der Waals surface area (Å²) in [4.78, 5) is 0. The first-order chi connectivity index (χ1) is 1.00. The van der Waals surface area contributed by atoms with Crippen molar-refractivity contribution >= 4 is 0 Å². The van der Waals surface area contributed by atoms with Crippen LogP contribution in [-0.2, 0) is 74.4 Å². The van der Waals surface area contributed by atoms with E-state index in [1.807, 2.05) is 0 Å². The van der Waals surface area contributed by atoms with Gasteiger partial charge in [0.2, 0.25) is 0 Å². The van der Waals surface area contributed by atoms with E-state index >= 15 is 0 Å². The van der Waals surface area contributed by atoms with Crippen molar-refractivity contribution in [3.63, 3.8) is 0 Å². The molecular weight excluding hydrogens is 282 g/mol. The molecule has 0 fully saturated rings. The zero-order valence-electron chi connectivity index (χ0n) is 1.87. The maximum absolute atomic E-state index is 8.12. The fraction of sp³-hybridized carbons (Fsp3) is 0. The third-order valence-corrected chi connectivity index (χ3v) is 0. The molecule has 0 atom stereocenters. The Morgan fingerprint density at radius 1 is 1.20 bits per heavy atom. The van der Waals surface area contributed by atoms with E-state index in [1.54, 1.807) is 0 Å². The molecule has 0 rings (SSSR count). The monoisotopic (exact) mass is 283 g/mol. The average Bonchev–Trinajstić information content (AvgIpc) is 1.00. The Hall–Kier alpha value is 2.02. The van der Waals surface area contributed by atoms with E-state index in [0.29, 0.717) is 0 Å². The third kappa shape index (κ3) is 23.8. The first-order valence-electron chi connectivity index (χ1n) is 0.167. The van der Waals surface area contributed by atoms with Crippen LogP contribution in [0.3, 0.4) is 0 Å². The molecule has 37 valence electrons. The molecule has 0 aliphatic rings. The van der Waals surface area contributed by atoms with Gasteiger partial charge >= 0.3 is 20.0 Å². The van der Waals surface area contributed by atoms with Crippen LogP contribution in [0.1, 0.15) is 0 Å². The Kier molecular flexibility index (Phi) is 207. The fourth-order valence-electron chi connectivity index (χ4n) is 0. The Morgan fingerprint density at radius 3 is 1.20 bits per heavy atom. The van der Waals surface area contributed by atoms with Crippen LogP contribution in [0.4, 0.5) is 0 Å². The van der Waals surface area contributed by atoms with Gasteiger partial charge in [0.1, 0.15) is 0 Å². The summed E-state index contributed by atoms with van der Waals surface area (Å²) in [5.41, 5.74) is 0. The summed E-state index contributed by atoms with van der Waals surface area (Å²) in [7, 11) is 0. The topological polar surface area (TPSA) is 17.1 Å². The second-order valence-corrected chi connectivity index (χ2v) is 0. The summed E-state index contributed by atoms with van der Waals surface area (Å²) < 4.78 is 8.12. The van der Waals surface area contributed by atoms with Gasteiger partial charge in [-0.2, -0.15) is 0 Å². The van der Waals surface area contributed by atoms with Gasteiger partial charge in [-0.3, -0.25) is 0 Å². The SMILES string of the molecule is [Co].[Mo].[Ni].[O]=[Cr]. The molecule has 0 aromatic rings. The van der Waals surface area contributed by atoms with Gasteiger partial charge in [0.15, 0.2) is 0 Å². The Labute approximate surface area is 73.7 Å². The van der Waals surface area contributed by atoms with Crippen LogP contribution < -0.4 is 0 Å². The summed E-state index contributed by atoms with van der Waals surface area (Å²) in [5, 5.41) is 0. The normalized spacial score (nSPS) is 0.800. The molecule has 5 heteroatoms. The van der Waals surface area contributed by atoms with E-state index < -0.39 is 0 Å². The van der Waals surface area contributed by atoms with Crippen molar-refractivity contribution < 1.29 is 74.4 Å². The van der Waals surface area contributed by atoms with Crippen LogP contribution in [0.5, 0.6) is 0 Å². The molecule has 0 aliphatic carbocycles. The molecule has 0 aromatic carbocycles. The first kappa shape index (κ1) is 27.9. The molecule has 0 aliphatic heterocycles. The Balaban J connectivity index is -0.00000000167. The van der Waals surface area contributed by atoms with Crippen molar-refractivity contribution in [2.45, 2.75) is 0 Å². The second-order valence-electron chi connectivity index (χ2n) is 0. The first-order valence-corrected chi connectivity index (χ1v) is 0.687. The van der Waals surface area contributed by atoms with Crippen molar-refractivity contribution in [3.05, 3.63) is 0 Å². The summed E-state index contributed by atoms with van der Waals surface area (Å²) in [6.07, 6.45) is 0. The molecule has 1 radical (unpaired) electrons. The van der Waals surface area contributed by atoms with Gasteiger partial charge in [-0.05, 0) is 0 Å². The van der Waals surface area contributed by atoms with Crippen molar-refractivity contribution in [3.8, 4) is 0 Å². The van der Waals surface area contributed by atoms with Gasteiger partial charge in [0, 0.05) is 54.3 Å². The minimum absolute atomic E-state index is 0. The van der Waals surface area contributed by atoms with Gasteiger partial charge < -0.3 is 0 Å². The number of rotatable bonds is 0. The van der Waals surface area contributed by atoms with Crippen LogP contribution in [0.25, 0.3) is 0 Å². The molecular formula is CoCrMoNiO. The van der Waals surface area contributed by atoms with Crippen LogP contribution >= 0.6 is 0 Å². The van der Waals surface area contributed by atoms with Crippen LogP contribution in [0, 0.1) is 0 Å². The van der Waals surface area contributed by atoms with E-state index in [9.17, 15) is 0 Å². The standard InChI is InChI=1S/Co.Cr.Mo.Ni.O. The van der Waals surface area contributed by atoms with Gasteiger partial charge in [-0.25, -0.2) is 0 Å². The van der Waals surface area contributed by atoms with Crippen molar-refractivity contribution in [1.82, 2.24) is 0 Å². The molecule has 0 bridgehead atoms. The van der Waals surface area contributed by atoms with Crippen LogP contribution in [0.15, 0.2) is 0 Å². The fourth-order valence-corrected chi connectivity index (χ4v) is 0. The number of hydrogen-bond donors (Lipinski definition) is 0. The molecule has 0 aromatic heterocycles. The molecule has 0 saturated carbocycles. The summed E-state index contributed by atoms with van der Waals surface area (Å²) in [5.74, 6) is 0. The summed E-state index contributed by atoms with van der Waals surface area (Å²) >= 11 is 1.38. The molecule has 0 saturated heterocycles. The molecule has 0 heterocycles. The maximum atomic E-state index is 8.12. The van der Waals surface area contributed by atoms with Crippen molar-refractivity contribution in [2.75, 3.05) is 0 Å². The van der Waals surface area contributed by atoms with Gasteiger partial charge in [-0.1, -0.05) is 0 Å². The van der Waals surface area contributed by atoms with Gasteiger partial charge in [0.05, 0.1) is 0 Å². The molecule has 0 amide bonds. The average molecular weight is 282 g/mol. The van der Waals surface area contributed by atoms with E-state index in [1.165, 1.54) is 16.2 Å². The van der Waals surface area contributed by atoms with Crippen molar-refractivity contribution in [2.24, 2.45) is 0 Å². The number of hydrogen-bond acceptors (Lipinski definition) is 1. The third-order valence-electron chi connectivity index (χ3n) is 0. The summed E-state index contributed by atoms with van der Waals surface area (Å²) in [6.45, 7) is 0. The van der Waals surface area contributed by atoms with Crippen LogP contribution in [0.2, 0.25) is 0 Å². The van der Waals surface area contributed by atoms with Gasteiger partial charge in [-0.15, -0.1) is 0 Å². The molecule has 0 unspecified atom stereocenters. The predicted molar refractivity (Wildman–Crippen MR) is 0.686 cm³/mol. The molecule has 0 N–H and O–H groups in total. The zero-order valence-corrected chi connectivity index (χ0v) is 7.18. The molecule has 0 spiro atoms. The quantitative estimate of drug-likeness (QED) is 0.566. The van der Waals surface area contributed by atoms with E-state index in [2.05, 4.69) is 0 Å². The summed E-state index contributed by atoms with van der Waals surface area (Å²) in [6, 6.07) is 0. The zero-order chi connectivity index (χ0) is 2.00. The van der Waals surface area contributed by atoms with E-state index in [4.69, 9.17) is 3.80 Å².